The van der Waals surface area contributed by atoms with Crippen LogP contribution in [0.1, 0.15) is 11.1 Å². The van der Waals surface area contributed by atoms with E-state index in [2.05, 4.69) is 0 Å². The summed E-state index contributed by atoms with van der Waals surface area (Å²) in [5.41, 5.74) is 1.82. The Bertz CT molecular complexity index is 581. The quantitative estimate of drug-likeness (QED) is 0.710. The number of methoxy groups -OCH3 is 4. The molecule has 0 fully saturated rings. The standard InChI is InChI=1S/C12H14O4.H3O4P/c1-13-9-6-7-5-8(9)11(15-3)12(16-4)10(7)14-2;1-5(2,3)4/h5-6H,1-4H3;(H3,1,2,3,4). The van der Waals surface area contributed by atoms with Gasteiger partial charge >= 0.3 is 7.82 Å². The van der Waals surface area contributed by atoms with Crippen molar-refractivity contribution in [2.45, 2.75) is 0 Å². The third kappa shape index (κ3) is 4.12. The van der Waals surface area contributed by atoms with Gasteiger partial charge in [-0.15, -0.1) is 0 Å². The first-order valence-electron chi connectivity index (χ1n) is 5.64. The highest BCUT2D eigenvalue weighted by Crippen LogP contribution is 2.49. The number of hydrogen-bond donors (Lipinski definition) is 3. The van der Waals surface area contributed by atoms with Crippen LogP contribution in [0.5, 0.6) is 17.2 Å². The Labute approximate surface area is 121 Å². The summed E-state index contributed by atoms with van der Waals surface area (Å²) in [6.07, 6.45) is 1.90. The number of phosphoric acid groups is 1. The lowest BCUT2D eigenvalue weighted by Gasteiger charge is -2.14. The maximum atomic E-state index is 8.88. The maximum Gasteiger partial charge on any atom is 0.466 e. The molecule has 1 aromatic rings. The molecule has 8 nitrogen and oxygen atoms in total. The highest BCUT2D eigenvalue weighted by atomic mass is 31.2. The van der Waals surface area contributed by atoms with Crippen molar-refractivity contribution in [3.05, 3.63) is 17.2 Å². The zero-order chi connectivity index (χ0) is 16.2. The Morgan fingerprint density at radius 3 is 1.71 bits per heavy atom. The van der Waals surface area contributed by atoms with Crippen molar-refractivity contribution in [2.24, 2.45) is 0 Å². The van der Waals surface area contributed by atoms with Crippen molar-refractivity contribution in [1.82, 2.24) is 0 Å². The van der Waals surface area contributed by atoms with E-state index in [4.69, 9.17) is 38.2 Å². The maximum absolute atomic E-state index is 8.88. The summed E-state index contributed by atoms with van der Waals surface area (Å²) in [7, 11) is 1.77. The second-order valence-electron chi connectivity index (χ2n) is 3.84. The number of rotatable bonds is 4. The zero-order valence-corrected chi connectivity index (χ0v) is 12.9. The largest absolute Gasteiger partial charge is 0.496 e. The topological polar surface area (TPSA) is 115 Å². The van der Waals surface area contributed by atoms with E-state index in [1.807, 2.05) is 12.1 Å². The van der Waals surface area contributed by atoms with E-state index >= 15 is 0 Å². The molecule has 9 heteroatoms. The van der Waals surface area contributed by atoms with Crippen LogP contribution in [0.3, 0.4) is 0 Å². The lowest BCUT2D eigenvalue weighted by atomic mass is 10.1. The number of ether oxygens (including phenoxy) is 4. The van der Waals surface area contributed by atoms with E-state index in [9.17, 15) is 0 Å². The molecule has 0 aliphatic heterocycles. The second-order valence-corrected chi connectivity index (χ2v) is 4.87. The van der Waals surface area contributed by atoms with Gasteiger partial charge in [-0.1, -0.05) is 0 Å². The minimum absolute atomic E-state index is 0.598. The average Bonchev–Trinajstić information content (AvgIpc) is 2.76. The van der Waals surface area contributed by atoms with Crippen molar-refractivity contribution < 1.29 is 38.2 Å². The molecule has 1 aliphatic carbocycles. The summed E-state index contributed by atoms with van der Waals surface area (Å²) in [6, 6.07) is 1.96. The smallest absolute Gasteiger partial charge is 0.466 e. The van der Waals surface area contributed by atoms with E-state index in [0.717, 1.165) is 16.9 Å². The molecule has 1 aromatic carbocycles. The van der Waals surface area contributed by atoms with Crippen LogP contribution < -0.4 is 14.2 Å². The predicted octanol–water partition coefficient (Wildman–Crippen LogP) is 1.24. The fourth-order valence-electron chi connectivity index (χ4n) is 1.92. The minimum atomic E-state index is -4.64. The molecule has 0 saturated heterocycles. The zero-order valence-electron chi connectivity index (χ0n) is 12.0. The van der Waals surface area contributed by atoms with Crippen LogP contribution in [0.2, 0.25) is 0 Å². The predicted molar refractivity (Wildman–Crippen MR) is 75.2 cm³/mol. The Kier molecular flexibility index (Phi) is 5.62. The lowest BCUT2D eigenvalue weighted by Crippen LogP contribution is -1.97. The van der Waals surface area contributed by atoms with Gasteiger partial charge in [0.25, 0.3) is 0 Å². The summed E-state index contributed by atoms with van der Waals surface area (Å²) in [4.78, 5) is 21.6. The van der Waals surface area contributed by atoms with Gasteiger partial charge in [0.1, 0.15) is 5.76 Å². The van der Waals surface area contributed by atoms with Gasteiger partial charge in [-0.25, -0.2) is 4.57 Å². The van der Waals surface area contributed by atoms with Gasteiger partial charge < -0.3 is 33.6 Å². The lowest BCUT2D eigenvalue weighted by molar-refractivity contribution is 0.275. The van der Waals surface area contributed by atoms with E-state index in [1.165, 1.54) is 0 Å². The fourth-order valence-corrected chi connectivity index (χ4v) is 1.92. The van der Waals surface area contributed by atoms with Gasteiger partial charge in [0.05, 0.1) is 34.0 Å². The fraction of sp³-hybridized carbons (Fsp3) is 0.333. The molecule has 0 radical (unpaired) electrons. The highest BCUT2D eigenvalue weighted by molar-refractivity contribution is 7.45. The Morgan fingerprint density at radius 1 is 0.857 bits per heavy atom. The van der Waals surface area contributed by atoms with Crippen LogP contribution in [0.4, 0.5) is 0 Å². The van der Waals surface area contributed by atoms with Crippen LogP contribution in [0.25, 0.3) is 11.8 Å². The Hall–Kier alpha value is -1.73. The van der Waals surface area contributed by atoms with Crippen LogP contribution in [0.15, 0.2) is 6.07 Å². The molecule has 0 amide bonds. The summed E-state index contributed by atoms with van der Waals surface area (Å²) >= 11 is 0. The normalized spacial score (nSPS) is 12.0. The van der Waals surface area contributed by atoms with Gasteiger partial charge in [0, 0.05) is 5.56 Å². The summed E-state index contributed by atoms with van der Waals surface area (Å²) in [5.74, 6) is 2.65. The highest BCUT2D eigenvalue weighted by Gasteiger charge is 2.26. The summed E-state index contributed by atoms with van der Waals surface area (Å²) in [6.45, 7) is 0. The van der Waals surface area contributed by atoms with Crippen LogP contribution in [0, 0.1) is 0 Å². The van der Waals surface area contributed by atoms with Crippen LogP contribution in [-0.2, 0) is 9.30 Å². The first-order valence-corrected chi connectivity index (χ1v) is 7.20. The summed E-state index contributed by atoms with van der Waals surface area (Å²) in [5, 5.41) is 0. The van der Waals surface area contributed by atoms with Crippen molar-refractivity contribution in [2.75, 3.05) is 28.4 Å². The number of hydrogen-bond acceptors (Lipinski definition) is 5. The van der Waals surface area contributed by atoms with Crippen molar-refractivity contribution in [1.29, 1.82) is 0 Å². The van der Waals surface area contributed by atoms with E-state index in [-0.39, 0.29) is 0 Å². The number of fused-ring (bicyclic) bond motifs is 2. The molecule has 2 rings (SSSR count). The molecular weight excluding hydrogens is 303 g/mol. The van der Waals surface area contributed by atoms with Crippen molar-refractivity contribution in [3.63, 3.8) is 0 Å². The second kappa shape index (κ2) is 6.82. The first kappa shape index (κ1) is 17.3. The third-order valence-electron chi connectivity index (χ3n) is 2.60. The molecule has 0 spiro atoms. The molecular formula is C12H17O8P. The van der Waals surface area contributed by atoms with E-state index < -0.39 is 7.82 Å². The van der Waals surface area contributed by atoms with E-state index in [1.54, 1.807) is 28.4 Å². The Morgan fingerprint density at radius 2 is 1.33 bits per heavy atom. The van der Waals surface area contributed by atoms with Gasteiger partial charge in [-0.05, 0) is 12.1 Å². The molecule has 118 valence electrons. The molecule has 0 aromatic heterocycles. The SMILES string of the molecule is COC1=Cc2cc1c(OC)c(OC)c2OC.O=P(O)(O)O. The molecule has 21 heavy (non-hydrogen) atoms. The molecule has 0 saturated carbocycles. The molecule has 3 N–H and O–H groups in total. The summed E-state index contributed by atoms with van der Waals surface area (Å²) < 4.78 is 30.1. The first-order chi connectivity index (χ1) is 9.76. The van der Waals surface area contributed by atoms with Crippen LogP contribution >= 0.6 is 7.82 Å². The molecule has 0 heterocycles. The van der Waals surface area contributed by atoms with Gasteiger partial charge in [-0.3, -0.25) is 0 Å². The van der Waals surface area contributed by atoms with Gasteiger partial charge in [0.2, 0.25) is 5.75 Å². The monoisotopic (exact) mass is 320 g/mol. The van der Waals surface area contributed by atoms with Crippen molar-refractivity contribution in [3.8, 4) is 17.2 Å². The average molecular weight is 320 g/mol. The van der Waals surface area contributed by atoms with Crippen LogP contribution in [-0.4, -0.2) is 43.1 Å². The minimum Gasteiger partial charge on any atom is -0.496 e. The van der Waals surface area contributed by atoms with Gasteiger partial charge in [-0.2, -0.15) is 0 Å². The molecule has 2 bridgehead atoms. The molecule has 0 unspecified atom stereocenters. The van der Waals surface area contributed by atoms with Crippen molar-refractivity contribution >= 4 is 19.7 Å². The third-order valence-corrected chi connectivity index (χ3v) is 2.60. The number of benzene rings is 1. The van der Waals surface area contributed by atoms with Gasteiger partial charge in [0.15, 0.2) is 11.5 Å². The molecule has 1 aliphatic rings. The Balaban J connectivity index is 0.000000383. The van der Waals surface area contributed by atoms with E-state index in [0.29, 0.717) is 17.2 Å². The molecule has 0 atom stereocenters.